The zero-order valence-electron chi connectivity index (χ0n) is 17.9. The molecule has 1 aromatic rings. The number of ether oxygens (including phenoxy) is 1. The van der Waals surface area contributed by atoms with Gasteiger partial charge >= 0.3 is 0 Å². The largest absolute Gasteiger partial charge is 0.508 e. The summed E-state index contributed by atoms with van der Waals surface area (Å²) in [4.78, 5) is 0. The Bertz CT molecular complexity index is 430. The van der Waals surface area contributed by atoms with E-state index in [2.05, 4.69) is 6.92 Å². The van der Waals surface area contributed by atoms with Crippen LogP contribution in [0.2, 0.25) is 0 Å². The molecule has 0 aliphatic heterocycles. The van der Waals surface area contributed by atoms with Gasteiger partial charge in [-0.05, 0) is 18.6 Å². The summed E-state index contributed by atoms with van der Waals surface area (Å²) in [6.07, 6.45) is 23.7. The number of phenolic OH excluding ortho intramolecular Hbond substituents is 1. The lowest BCUT2D eigenvalue weighted by atomic mass is 10.0. The van der Waals surface area contributed by atoms with Gasteiger partial charge in [-0.3, -0.25) is 0 Å². The van der Waals surface area contributed by atoms with Crippen LogP contribution < -0.4 is 4.74 Å². The zero-order valence-corrected chi connectivity index (χ0v) is 17.9. The number of phenols is 1. The van der Waals surface area contributed by atoms with Gasteiger partial charge in [-0.2, -0.15) is 0 Å². The first-order chi connectivity index (χ1) is 13.3. The molecule has 0 aromatic heterocycles. The van der Waals surface area contributed by atoms with E-state index >= 15 is 0 Å². The average molecular weight is 377 g/mol. The maximum absolute atomic E-state index is 9.38. The fourth-order valence-electron chi connectivity index (χ4n) is 3.59. The minimum Gasteiger partial charge on any atom is -0.508 e. The van der Waals surface area contributed by atoms with Gasteiger partial charge in [0.05, 0.1) is 6.61 Å². The van der Waals surface area contributed by atoms with Gasteiger partial charge < -0.3 is 9.84 Å². The van der Waals surface area contributed by atoms with Crippen LogP contribution in [-0.2, 0) is 0 Å². The van der Waals surface area contributed by atoms with Crippen LogP contribution in [0, 0.1) is 0 Å². The van der Waals surface area contributed by atoms with E-state index in [9.17, 15) is 5.11 Å². The van der Waals surface area contributed by atoms with Crippen molar-refractivity contribution in [3.8, 4) is 11.5 Å². The first kappa shape index (κ1) is 23.9. The highest BCUT2D eigenvalue weighted by atomic mass is 16.5. The van der Waals surface area contributed by atoms with Crippen molar-refractivity contribution >= 4 is 0 Å². The molecule has 27 heavy (non-hydrogen) atoms. The first-order valence-corrected chi connectivity index (χ1v) is 11.7. The Labute approximate surface area is 168 Å². The number of benzene rings is 1. The van der Waals surface area contributed by atoms with Crippen molar-refractivity contribution in [3.05, 3.63) is 24.3 Å². The van der Waals surface area contributed by atoms with Crippen LogP contribution >= 0.6 is 0 Å². The van der Waals surface area contributed by atoms with Crippen molar-refractivity contribution in [1.29, 1.82) is 0 Å². The molecule has 156 valence electrons. The third kappa shape index (κ3) is 15.6. The summed E-state index contributed by atoms with van der Waals surface area (Å²) in [6.45, 7) is 3.04. The summed E-state index contributed by atoms with van der Waals surface area (Å²) in [5, 5.41) is 9.38. The van der Waals surface area contributed by atoms with E-state index in [1.807, 2.05) is 12.1 Å². The molecule has 0 aliphatic carbocycles. The number of aromatic hydroxyl groups is 1. The molecule has 0 amide bonds. The minimum atomic E-state index is 0.273. The van der Waals surface area contributed by atoms with Crippen LogP contribution in [0.15, 0.2) is 24.3 Å². The van der Waals surface area contributed by atoms with Crippen LogP contribution in [0.4, 0.5) is 0 Å². The lowest BCUT2D eigenvalue weighted by Gasteiger charge is -2.06. The molecule has 0 spiro atoms. The molecule has 0 aliphatic rings. The molecule has 0 bridgehead atoms. The van der Waals surface area contributed by atoms with Gasteiger partial charge in [0, 0.05) is 6.07 Å². The van der Waals surface area contributed by atoms with Crippen molar-refractivity contribution in [2.75, 3.05) is 6.61 Å². The number of hydrogen-bond donors (Lipinski definition) is 1. The highest BCUT2D eigenvalue weighted by Gasteiger charge is 1.97. The summed E-state index contributed by atoms with van der Waals surface area (Å²) in [7, 11) is 0. The van der Waals surface area contributed by atoms with Crippen molar-refractivity contribution < 1.29 is 9.84 Å². The van der Waals surface area contributed by atoms with Crippen LogP contribution in [0.1, 0.15) is 116 Å². The van der Waals surface area contributed by atoms with E-state index in [0.717, 1.165) is 18.8 Å². The lowest BCUT2D eigenvalue weighted by molar-refractivity contribution is 0.302. The maximum atomic E-state index is 9.38. The number of unbranched alkanes of at least 4 members (excludes halogenated alkanes) is 16. The van der Waals surface area contributed by atoms with E-state index in [0.29, 0.717) is 0 Å². The van der Waals surface area contributed by atoms with Gasteiger partial charge in [-0.25, -0.2) is 0 Å². The topological polar surface area (TPSA) is 29.5 Å². The maximum Gasteiger partial charge on any atom is 0.122 e. The third-order valence-corrected chi connectivity index (χ3v) is 5.33. The highest BCUT2D eigenvalue weighted by molar-refractivity contribution is 5.31. The smallest absolute Gasteiger partial charge is 0.122 e. The Balaban J connectivity index is 1.72. The predicted octanol–water partition coefficient (Wildman–Crippen LogP) is 8.42. The molecule has 0 heterocycles. The van der Waals surface area contributed by atoms with Crippen molar-refractivity contribution in [2.45, 2.75) is 116 Å². The van der Waals surface area contributed by atoms with Crippen LogP contribution in [0.5, 0.6) is 11.5 Å². The second kappa shape index (κ2) is 18.2. The Kier molecular flexibility index (Phi) is 16.1. The molecule has 2 nitrogen and oxygen atoms in total. The summed E-state index contributed by atoms with van der Waals surface area (Å²) in [5.41, 5.74) is 0. The summed E-state index contributed by atoms with van der Waals surface area (Å²) < 4.78 is 5.65. The third-order valence-electron chi connectivity index (χ3n) is 5.33. The Hall–Kier alpha value is -1.18. The van der Waals surface area contributed by atoms with E-state index in [1.165, 1.54) is 103 Å². The fraction of sp³-hybridized carbons (Fsp3) is 0.760. The van der Waals surface area contributed by atoms with Crippen LogP contribution in [0.25, 0.3) is 0 Å². The molecule has 0 saturated heterocycles. The number of rotatable bonds is 19. The summed E-state index contributed by atoms with van der Waals surface area (Å²) in [6, 6.07) is 7.06. The van der Waals surface area contributed by atoms with Gasteiger partial charge in [0.1, 0.15) is 11.5 Å². The van der Waals surface area contributed by atoms with Crippen LogP contribution in [-0.4, -0.2) is 11.7 Å². The van der Waals surface area contributed by atoms with Gasteiger partial charge in [-0.15, -0.1) is 0 Å². The normalized spacial score (nSPS) is 11.0. The SMILES string of the molecule is CCCCCCCCCCCCCCCCCCCOc1cccc(O)c1. The quantitative estimate of drug-likeness (QED) is 0.245. The summed E-state index contributed by atoms with van der Waals surface area (Å²) in [5.74, 6) is 1.04. The minimum absolute atomic E-state index is 0.273. The monoisotopic (exact) mass is 376 g/mol. The van der Waals surface area contributed by atoms with Crippen LogP contribution in [0.3, 0.4) is 0 Å². The van der Waals surface area contributed by atoms with E-state index < -0.39 is 0 Å². The van der Waals surface area contributed by atoms with Gasteiger partial charge in [-0.1, -0.05) is 116 Å². The molecule has 2 heteroatoms. The molecular weight excluding hydrogens is 332 g/mol. The zero-order chi connectivity index (χ0) is 19.4. The molecule has 0 unspecified atom stereocenters. The lowest BCUT2D eigenvalue weighted by Crippen LogP contribution is -1.97. The second-order valence-electron chi connectivity index (χ2n) is 8.00. The number of hydrogen-bond acceptors (Lipinski definition) is 2. The average Bonchev–Trinajstić information content (AvgIpc) is 2.67. The highest BCUT2D eigenvalue weighted by Crippen LogP contribution is 2.18. The molecule has 0 atom stereocenters. The Morgan fingerprint density at radius 1 is 0.630 bits per heavy atom. The van der Waals surface area contributed by atoms with E-state index in [1.54, 1.807) is 12.1 Å². The van der Waals surface area contributed by atoms with E-state index in [-0.39, 0.29) is 5.75 Å². The molecule has 0 fully saturated rings. The van der Waals surface area contributed by atoms with Crippen molar-refractivity contribution in [3.63, 3.8) is 0 Å². The fourth-order valence-corrected chi connectivity index (χ4v) is 3.59. The van der Waals surface area contributed by atoms with Crippen molar-refractivity contribution in [1.82, 2.24) is 0 Å². The van der Waals surface area contributed by atoms with Gasteiger partial charge in [0.15, 0.2) is 0 Å². The Morgan fingerprint density at radius 3 is 1.52 bits per heavy atom. The molecule has 1 N–H and O–H groups in total. The standard InChI is InChI=1S/C25H44O2/c1-2-3-4-5-6-7-8-9-10-11-12-13-14-15-16-17-18-22-27-25-21-19-20-24(26)23-25/h19-21,23,26H,2-18,22H2,1H3. The van der Waals surface area contributed by atoms with Gasteiger partial charge in [0.25, 0.3) is 0 Å². The molecular formula is C25H44O2. The Morgan fingerprint density at radius 2 is 1.07 bits per heavy atom. The predicted molar refractivity (Wildman–Crippen MR) is 118 cm³/mol. The van der Waals surface area contributed by atoms with Gasteiger partial charge in [0.2, 0.25) is 0 Å². The molecule has 1 rings (SSSR count). The molecule has 1 aromatic carbocycles. The second-order valence-corrected chi connectivity index (χ2v) is 8.00. The first-order valence-electron chi connectivity index (χ1n) is 11.7. The molecule has 0 radical (unpaired) electrons. The van der Waals surface area contributed by atoms with E-state index in [4.69, 9.17) is 4.74 Å². The molecule has 0 saturated carbocycles. The summed E-state index contributed by atoms with van der Waals surface area (Å²) >= 11 is 0. The van der Waals surface area contributed by atoms with Crippen molar-refractivity contribution in [2.24, 2.45) is 0 Å².